The lowest BCUT2D eigenvalue weighted by molar-refractivity contribution is -0.142. The molecule has 1 atom stereocenters. The van der Waals surface area contributed by atoms with Crippen molar-refractivity contribution in [1.29, 1.82) is 0 Å². The summed E-state index contributed by atoms with van der Waals surface area (Å²) < 4.78 is 73.0. The van der Waals surface area contributed by atoms with Gasteiger partial charge in [-0.2, -0.15) is 18.3 Å². The summed E-state index contributed by atoms with van der Waals surface area (Å²) in [5, 5.41) is 4.11. The summed E-state index contributed by atoms with van der Waals surface area (Å²) in [6.07, 6.45) is -4.10. The normalized spacial score (nSPS) is 18.0. The molecule has 3 heterocycles. The molecule has 1 saturated heterocycles. The first kappa shape index (κ1) is 21.6. The number of benzene rings is 1. The van der Waals surface area contributed by atoms with Crippen LogP contribution in [0.4, 0.5) is 13.2 Å². The third kappa shape index (κ3) is 4.67. The van der Waals surface area contributed by atoms with Crippen molar-refractivity contribution in [2.45, 2.75) is 25.4 Å². The minimum atomic E-state index is -4.57. The van der Waals surface area contributed by atoms with Crippen LogP contribution in [-0.2, 0) is 16.2 Å². The highest BCUT2D eigenvalue weighted by Gasteiger charge is 2.37. The van der Waals surface area contributed by atoms with Crippen molar-refractivity contribution >= 4 is 15.7 Å². The molecule has 0 N–H and O–H groups in total. The molecule has 1 unspecified atom stereocenters. The molecule has 1 aliphatic rings. The lowest BCUT2D eigenvalue weighted by atomic mass is 10.1. The molecule has 11 heteroatoms. The van der Waals surface area contributed by atoms with Crippen LogP contribution < -0.4 is 4.74 Å². The van der Waals surface area contributed by atoms with Crippen LogP contribution >= 0.6 is 0 Å². The second kappa shape index (κ2) is 8.12. The van der Waals surface area contributed by atoms with Gasteiger partial charge in [-0.3, -0.25) is 0 Å². The fourth-order valence-corrected chi connectivity index (χ4v) is 4.99. The molecule has 4 rings (SSSR count). The molecule has 7 nitrogen and oxygen atoms in total. The zero-order chi connectivity index (χ0) is 22.2. The van der Waals surface area contributed by atoms with Crippen LogP contribution in [0.3, 0.4) is 0 Å². The number of alkyl halides is 3. The zero-order valence-electron chi connectivity index (χ0n) is 16.7. The summed E-state index contributed by atoms with van der Waals surface area (Å²) in [4.78, 5) is 4.13. The predicted molar refractivity (Wildman–Crippen MR) is 107 cm³/mol. The average molecular weight is 454 g/mol. The monoisotopic (exact) mass is 454 g/mol. The van der Waals surface area contributed by atoms with Crippen LogP contribution in [0.15, 0.2) is 42.5 Å². The number of ether oxygens (including phenoxy) is 1. The van der Waals surface area contributed by atoms with Gasteiger partial charge in [-0.25, -0.2) is 22.2 Å². The average Bonchev–Trinajstić information content (AvgIpc) is 3.34. The first-order valence-electron chi connectivity index (χ1n) is 9.74. The van der Waals surface area contributed by atoms with Crippen molar-refractivity contribution in [3.05, 3.63) is 59.5 Å². The lowest BCUT2D eigenvalue weighted by Crippen LogP contribution is -2.32. The van der Waals surface area contributed by atoms with E-state index in [0.29, 0.717) is 17.9 Å². The summed E-state index contributed by atoms with van der Waals surface area (Å²) in [5.41, 5.74) is -0.163. The number of aryl methyl sites for hydroxylation is 1. The van der Waals surface area contributed by atoms with Gasteiger partial charge in [0.2, 0.25) is 10.0 Å². The maximum absolute atomic E-state index is 13.4. The van der Waals surface area contributed by atoms with Crippen molar-refractivity contribution in [2.75, 3.05) is 25.4 Å². The van der Waals surface area contributed by atoms with Crippen LogP contribution in [0, 0.1) is 6.92 Å². The Hall–Kier alpha value is -2.66. The van der Waals surface area contributed by atoms with Crippen molar-refractivity contribution in [3.8, 4) is 5.75 Å². The highest BCUT2D eigenvalue weighted by Crippen LogP contribution is 2.33. The van der Waals surface area contributed by atoms with Crippen LogP contribution in [0.1, 0.15) is 29.4 Å². The van der Waals surface area contributed by atoms with Crippen molar-refractivity contribution in [1.82, 2.24) is 18.9 Å². The molecular formula is C20H21F3N4O3S. The van der Waals surface area contributed by atoms with E-state index in [2.05, 4.69) is 10.1 Å². The van der Waals surface area contributed by atoms with Gasteiger partial charge in [0, 0.05) is 30.8 Å². The Kier molecular flexibility index (Phi) is 5.65. The Morgan fingerprint density at radius 1 is 1.19 bits per heavy atom. The SMILES string of the molecule is Cc1cc(C(F)(F)F)n2nc(C3CCN(S(=O)(=O)CCOc4ccccc4)C3)cc2n1. The molecule has 0 amide bonds. The molecule has 2 aromatic heterocycles. The number of nitrogens with zero attached hydrogens (tertiary/aromatic N) is 4. The molecule has 0 spiro atoms. The molecule has 166 valence electrons. The number of hydrogen-bond acceptors (Lipinski definition) is 5. The van der Waals surface area contributed by atoms with E-state index in [9.17, 15) is 21.6 Å². The van der Waals surface area contributed by atoms with Gasteiger partial charge in [0.15, 0.2) is 5.65 Å². The van der Waals surface area contributed by atoms with Gasteiger partial charge < -0.3 is 4.74 Å². The summed E-state index contributed by atoms with van der Waals surface area (Å²) in [5.74, 6) is 0.108. The van der Waals surface area contributed by atoms with E-state index in [4.69, 9.17) is 4.74 Å². The summed E-state index contributed by atoms with van der Waals surface area (Å²) in [6, 6.07) is 11.4. The maximum atomic E-state index is 13.4. The molecule has 1 fully saturated rings. The van der Waals surface area contributed by atoms with Gasteiger partial charge in [-0.05, 0) is 31.5 Å². The van der Waals surface area contributed by atoms with Crippen LogP contribution in [-0.4, -0.2) is 52.8 Å². The topological polar surface area (TPSA) is 76.8 Å². The highest BCUT2D eigenvalue weighted by molar-refractivity contribution is 7.89. The van der Waals surface area contributed by atoms with Gasteiger partial charge in [-0.1, -0.05) is 18.2 Å². The third-order valence-corrected chi connectivity index (χ3v) is 6.98. The molecular weight excluding hydrogens is 433 g/mol. The first-order valence-corrected chi connectivity index (χ1v) is 11.3. The van der Waals surface area contributed by atoms with Crippen LogP contribution in [0.2, 0.25) is 0 Å². The fraction of sp³-hybridized carbons (Fsp3) is 0.400. The van der Waals surface area contributed by atoms with Crippen LogP contribution in [0.25, 0.3) is 5.65 Å². The number of para-hydroxylation sites is 1. The lowest BCUT2D eigenvalue weighted by Gasteiger charge is -2.16. The summed E-state index contributed by atoms with van der Waals surface area (Å²) >= 11 is 0. The van der Waals surface area contributed by atoms with Gasteiger partial charge in [-0.15, -0.1) is 0 Å². The Labute approximate surface area is 177 Å². The minimum Gasteiger partial charge on any atom is -0.492 e. The molecule has 3 aromatic rings. The van der Waals surface area contributed by atoms with E-state index in [-0.39, 0.29) is 42.7 Å². The minimum absolute atomic E-state index is 0.0139. The zero-order valence-corrected chi connectivity index (χ0v) is 17.5. The van der Waals surface area contributed by atoms with E-state index in [1.807, 2.05) is 6.07 Å². The predicted octanol–water partition coefficient (Wildman–Crippen LogP) is 3.25. The fourth-order valence-electron chi connectivity index (χ4n) is 3.65. The number of fused-ring (bicyclic) bond motifs is 1. The second-order valence-electron chi connectivity index (χ2n) is 7.44. The largest absolute Gasteiger partial charge is 0.492 e. The summed E-state index contributed by atoms with van der Waals surface area (Å²) in [6.45, 7) is 1.95. The Balaban J connectivity index is 1.46. The number of aromatic nitrogens is 3. The highest BCUT2D eigenvalue weighted by atomic mass is 32.2. The smallest absolute Gasteiger partial charge is 0.433 e. The number of sulfonamides is 1. The Bertz CT molecular complexity index is 1180. The third-order valence-electron chi connectivity index (χ3n) is 5.18. The van der Waals surface area contributed by atoms with Gasteiger partial charge in [0.1, 0.15) is 18.1 Å². The standard InChI is InChI=1S/C20H21F3N4O3S/c1-14-11-18(20(21,22)23)27-19(24-14)12-17(25-27)15-7-8-26(13-15)31(28,29)10-9-30-16-5-3-2-4-6-16/h2-6,11-12,15H,7-10,13H2,1H3. The van der Waals surface area contributed by atoms with Crippen molar-refractivity contribution < 1.29 is 26.3 Å². The van der Waals surface area contributed by atoms with Gasteiger partial charge in [0.05, 0.1) is 11.4 Å². The quantitative estimate of drug-likeness (QED) is 0.572. The Morgan fingerprint density at radius 2 is 1.94 bits per heavy atom. The van der Waals surface area contributed by atoms with E-state index in [0.717, 1.165) is 10.6 Å². The molecule has 31 heavy (non-hydrogen) atoms. The first-order chi connectivity index (χ1) is 14.6. The summed E-state index contributed by atoms with van der Waals surface area (Å²) in [7, 11) is -3.56. The molecule has 0 saturated carbocycles. The van der Waals surface area contributed by atoms with Gasteiger partial charge >= 0.3 is 6.18 Å². The van der Waals surface area contributed by atoms with E-state index in [1.165, 1.54) is 17.3 Å². The van der Waals surface area contributed by atoms with E-state index in [1.54, 1.807) is 24.3 Å². The number of hydrogen-bond donors (Lipinski definition) is 0. The molecule has 0 aliphatic carbocycles. The van der Waals surface area contributed by atoms with E-state index < -0.39 is 21.9 Å². The molecule has 0 bridgehead atoms. The number of halogens is 3. The van der Waals surface area contributed by atoms with Crippen LogP contribution in [0.5, 0.6) is 5.75 Å². The Morgan fingerprint density at radius 3 is 2.65 bits per heavy atom. The molecule has 1 aromatic carbocycles. The molecule has 1 aliphatic heterocycles. The molecule has 0 radical (unpaired) electrons. The van der Waals surface area contributed by atoms with Crippen molar-refractivity contribution in [2.24, 2.45) is 0 Å². The van der Waals surface area contributed by atoms with E-state index >= 15 is 0 Å². The maximum Gasteiger partial charge on any atom is 0.433 e. The number of rotatable bonds is 6. The van der Waals surface area contributed by atoms with Crippen molar-refractivity contribution in [3.63, 3.8) is 0 Å². The second-order valence-corrected chi connectivity index (χ2v) is 9.53. The van der Waals surface area contributed by atoms with Gasteiger partial charge in [0.25, 0.3) is 0 Å².